The maximum Gasteiger partial charge on any atom is 0.421 e. The van der Waals surface area contributed by atoms with E-state index in [1.807, 2.05) is 0 Å². The van der Waals surface area contributed by atoms with Crippen molar-refractivity contribution in [3.8, 4) is 0 Å². The van der Waals surface area contributed by atoms with E-state index in [1.165, 1.54) is 24.3 Å². The summed E-state index contributed by atoms with van der Waals surface area (Å²) in [5.41, 5.74) is 0.287. The van der Waals surface area contributed by atoms with Crippen LogP contribution in [0.5, 0.6) is 0 Å². The third-order valence-electron chi connectivity index (χ3n) is 2.78. The monoisotopic (exact) mass is 338 g/mol. The van der Waals surface area contributed by atoms with Crippen LogP contribution in [0.25, 0.3) is 0 Å². The molecular weight excluding hydrogens is 325 g/mol. The summed E-state index contributed by atoms with van der Waals surface area (Å²) in [6.45, 7) is 0. The van der Waals surface area contributed by atoms with Crippen LogP contribution in [0.2, 0.25) is 0 Å². The average molecular weight is 338 g/mol. The van der Waals surface area contributed by atoms with Crippen LogP contribution in [0.1, 0.15) is 20.7 Å². The van der Waals surface area contributed by atoms with Gasteiger partial charge in [-0.15, -0.1) is 0 Å². The average Bonchev–Trinajstić information content (AvgIpc) is 2.61. The van der Waals surface area contributed by atoms with Crippen molar-refractivity contribution in [2.24, 2.45) is 0 Å². The van der Waals surface area contributed by atoms with Crippen LogP contribution >= 0.6 is 0 Å². The first-order valence-electron chi connectivity index (χ1n) is 6.66. The number of hydrogen-bond donors (Lipinski definition) is 1. The Hall–Kier alpha value is -2.80. The van der Waals surface area contributed by atoms with Gasteiger partial charge < -0.3 is 5.11 Å². The van der Waals surface area contributed by atoms with Crippen LogP contribution < -0.4 is 0 Å². The zero-order chi connectivity index (χ0) is 18.2. The number of aldehydes is 1. The molecule has 2 aromatic rings. The lowest BCUT2D eigenvalue weighted by molar-refractivity contribution is -0.186. The summed E-state index contributed by atoms with van der Waals surface area (Å²) in [6.07, 6.45) is -7.53. The van der Waals surface area contributed by atoms with Crippen LogP contribution in [0.3, 0.4) is 0 Å². The van der Waals surface area contributed by atoms with Crippen LogP contribution in [0.4, 0.5) is 13.2 Å². The molecule has 0 bridgehead atoms. The Kier molecular flexibility index (Phi) is 7.00. The number of carbonyl (C=O) groups is 3. The van der Waals surface area contributed by atoms with Gasteiger partial charge in [0.05, 0.1) is 0 Å². The summed E-state index contributed by atoms with van der Waals surface area (Å²) >= 11 is 0. The molecule has 2 aromatic carbocycles. The molecule has 0 aliphatic heterocycles. The second-order valence-corrected chi connectivity index (χ2v) is 4.52. The summed E-state index contributed by atoms with van der Waals surface area (Å²) in [6, 6.07) is 15.3. The van der Waals surface area contributed by atoms with E-state index in [1.54, 1.807) is 36.4 Å². The highest BCUT2D eigenvalue weighted by molar-refractivity contribution is 6.33. The van der Waals surface area contributed by atoms with Crippen LogP contribution in [0, 0.1) is 0 Å². The zero-order valence-electron chi connectivity index (χ0n) is 12.2. The molecule has 1 N–H and O–H groups in total. The number of carbonyl (C=O) groups excluding carboxylic acids is 3. The molecule has 4 nitrogen and oxygen atoms in total. The van der Waals surface area contributed by atoms with Gasteiger partial charge in [0.15, 0.2) is 6.29 Å². The number of rotatable bonds is 4. The van der Waals surface area contributed by atoms with Gasteiger partial charge in [0, 0.05) is 11.1 Å². The Bertz CT molecular complexity index is 682. The minimum atomic E-state index is -4.91. The molecule has 0 aliphatic rings. The van der Waals surface area contributed by atoms with Crippen molar-refractivity contribution >= 4 is 17.9 Å². The lowest BCUT2D eigenvalue weighted by Gasteiger charge is -2.12. The van der Waals surface area contributed by atoms with Crippen molar-refractivity contribution in [3.63, 3.8) is 0 Å². The molecule has 24 heavy (non-hydrogen) atoms. The van der Waals surface area contributed by atoms with E-state index in [-0.39, 0.29) is 5.56 Å². The van der Waals surface area contributed by atoms with E-state index in [4.69, 9.17) is 5.11 Å². The summed E-state index contributed by atoms with van der Waals surface area (Å²) in [4.78, 5) is 31.6. The Labute approximate surface area is 135 Å². The van der Waals surface area contributed by atoms with E-state index < -0.39 is 23.8 Å². The molecule has 0 saturated heterocycles. The molecule has 0 spiro atoms. The van der Waals surface area contributed by atoms with E-state index >= 15 is 0 Å². The van der Waals surface area contributed by atoms with Gasteiger partial charge in [-0.2, -0.15) is 13.2 Å². The standard InChI is InChI=1S/C9H7F3O2.C8H6O2/c10-9(11,12)8(14)7(13)6-4-2-1-3-5-6;9-6-8(10)7-4-2-1-3-5-7/h1-5,8,14H;1-6H. The van der Waals surface area contributed by atoms with Crippen molar-refractivity contribution < 1.29 is 32.7 Å². The Morgan fingerprint density at radius 1 is 0.875 bits per heavy atom. The molecule has 2 rings (SSSR count). The second-order valence-electron chi connectivity index (χ2n) is 4.52. The fourth-order valence-corrected chi connectivity index (χ4v) is 1.58. The molecule has 0 radical (unpaired) electrons. The summed E-state index contributed by atoms with van der Waals surface area (Å²) in [7, 11) is 0. The Balaban J connectivity index is 0.000000254. The molecule has 7 heteroatoms. The number of alkyl halides is 3. The largest absolute Gasteiger partial charge is 0.421 e. The first-order chi connectivity index (χ1) is 11.3. The quantitative estimate of drug-likeness (QED) is 0.529. The fourth-order valence-electron chi connectivity index (χ4n) is 1.58. The number of Topliss-reactive ketones (excluding diaryl/α,β-unsaturated/α-hetero) is 2. The number of aliphatic hydroxyl groups is 1. The van der Waals surface area contributed by atoms with E-state index in [2.05, 4.69) is 0 Å². The number of benzene rings is 2. The fraction of sp³-hybridized carbons (Fsp3) is 0.118. The topological polar surface area (TPSA) is 71.4 Å². The second kappa shape index (κ2) is 8.73. The van der Waals surface area contributed by atoms with E-state index in [0.717, 1.165) is 0 Å². The molecule has 1 atom stereocenters. The molecule has 0 amide bonds. The molecule has 0 fully saturated rings. The van der Waals surface area contributed by atoms with Gasteiger partial charge in [-0.1, -0.05) is 60.7 Å². The van der Waals surface area contributed by atoms with Gasteiger partial charge in [-0.3, -0.25) is 14.4 Å². The maximum atomic E-state index is 11.9. The summed E-state index contributed by atoms with van der Waals surface area (Å²) in [5.74, 6) is -1.81. The summed E-state index contributed by atoms with van der Waals surface area (Å²) < 4.78 is 35.7. The van der Waals surface area contributed by atoms with Gasteiger partial charge >= 0.3 is 6.18 Å². The predicted molar refractivity (Wildman–Crippen MR) is 79.7 cm³/mol. The number of halogens is 3. The van der Waals surface area contributed by atoms with Gasteiger partial charge in [0.2, 0.25) is 17.7 Å². The minimum absolute atomic E-state index is 0.155. The SMILES string of the molecule is O=C(c1ccccc1)C(O)C(F)(F)F.O=CC(=O)c1ccccc1. The third-order valence-corrected chi connectivity index (χ3v) is 2.78. The van der Waals surface area contributed by atoms with Gasteiger partial charge in [0.1, 0.15) is 0 Å². The maximum absolute atomic E-state index is 11.9. The normalized spacial score (nSPS) is 11.7. The van der Waals surface area contributed by atoms with Crippen molar-refractivity contribution in [2.45, 2.75) is 12.3 Å². The van der Waals surface area contributed by atoms with Gasteiger partial charge in [-0.25, -0.2) is 0 Å². The number of aliphatic hydroxyl groups excluding tert-OH is 1. The lowest BCUT2D eigenvalue weighted by Crippen LogP contribution is -2.36. The Morgan fingerprint density at radius 2 is 1.29 bits per heavy atom. The van der Waals surface area contributed by atoms with Crippen LogP contribution in [-0.2, 0) is 4.79 Å². The highest BCUT2D eigenvalue weighted by Gasteiger charge is 2.43. The Morgan fingerprint density at radius 3 is 1.67 bits per heavy atom. The van der Waals surface area contributed by atoms with Crippen LogP contribution in [0.15, 0.2) is 60.7 Å². The molecule has 0 saturated carbocycles. The lowest BCUT2D eigenvalue weighted by atomic mass is 10.1. The number of hydrogen-bond acceptors (Lipinski definition) is 4. The molecule has 126 valence electrons. The molecule has 0 aromatic heterocycles. The van der Waals surface area contributed by atoms with E-state index in [9.17, 15) is 27.6 Å². The predicted octanol–water partition coefficient (Wildman–Crippen LogP) is 2.86. The van der Waals surface area contributed by atoms with Crippen molar-refractivity contribution in [1.82, 2.24) is 0 Å². The molecule has 1 unspecified atom stereocenters. The van der Waals surface area contributed by atoms with E-state index in [0.29, 0.717) is 11.8 Å². The zero-order valence-corrected chi connectivity index (χ0v) is 12.2. The van der Waals surface area contributed by atoms with Gasteiger partial charge in [0.25, 0.3) is 0 Å². The highest BCUT2D eigenvalue weighted by atomic mass is 19.4. The summed E-state index contributed by atoms with van der Waals surface area (Å²) in [5, 5.41) is 8.63. The van der Waals surface area contributed by atoms with Crippen molar-refractivity contribution in [3.05, 3.63) is 71.8 Å². The van der Waals surface area contributed by atoms with Crippen molar-refractivity contribution in [1.29, 1.82) is 0 Å². The molecule has 0 aliphatic carbocycles. The molecular formula is C17H13F3O4. The van der Waals surface area contributed by atoms with Crippen molar-refractivity contribution in [2.75, 3.05) is 0 Å². The molecule has 0 heterocycles. The van der Waals surface area contributed by atoms with Gasteiger partial charge in [-0.05, 0) is 0 Å². The minimum Gasteiger partial charge on any atom is -0.377 e. The smallest absolute Gasteiger partial charge is 0.377 e. The highest BCUT2D eigenvalue weighted by Crippen LogP contribution is 2.22. The van der Waals surface area contributed by atoms with Crippen LogP contribution in [-0.4, -0.2) is 35.2 Å². The number of ketones is 2. The first-order valence-corrected chi connectivity index (χ1v) is 6.66. The third kappa shape index (κ3) is 5.77. The first kappa shape index (κ1) is 19.2.